The lowest BCUT2D eigenvalue weighted by atomic mass is 10.1. The maximum absolute atomic E-state index is 9.12. The Kier molecular flexibility index (Phi) is 8.79. The van der Waals surface area contributed by atoms with E-state index in [1.54, 1.807) is 6.07 Å². The van der Waals surface area contributed by atoms with Crippen LogP contribution in [0, 0.1) is 0 Å². The summed E-state index contributed by atoms with van der Waals surface area (Å²) in [5.74, 6) is 0. The predicted molar refractivity (Wildman–Crippen MR) is 86.7 cm³/mol. The van der Waals surface area contributed by atoms with Crippen LogP contribution in [0.25, 0.3) is 0 Å². The maximum atomic E-state index is 9.12. The van der Waals surface area contributed by atoms with Gasteiger partial charge in [-0.15, -0.1) is 0 Å². The summed E-state index contributed by atoms with van der Waals surface area (Å²) in [6.07, 6.45) is 0. The van der Waals surface area contributed by atoms with Crippen LogP contribution in [0.15, 0.2) is 18.2 Å². The third-order valence-corrected chi connectivity index (χ3v) is 3.46. The van der Waals surface area contributed by atoms with Crippen molar-refractivity contribution in [3.63, 3.8) is 0 Å². The molecule has 1 aromatic rings. The van der Waals surface area contributed by atoms with Crippen molar-refractivity contribution in [1.82, 2.24) is 4.90 Å². The van der Waals surface area contributed by atoms with E-state index in [-0.39, 0.29) is 26.4 Å². The zero-order valence-corrected chi connectivity index (χ0v) is 12.9. The normalized spacial score (nSPS) is 11.1. The largest absolute Gasteiger partial charge is 0.398 e. The van der Waals surface area contributed by atoms with E-state index in [1.807, 2.05) is 21.9 Å². The minimum absolute atomic E-state index is 0.000853. The summed E-state index contributed by atoms with van der Waals surface area (Å²) in [5, 5.41) is 36.4. The van der Waals surface area contributed by atoms with Crippen LogP contribution in [0.5, 0.6) is 0 Å². The number of rotatable bonds is 11. The molecule has 0 spiro atoms. The molecule has 0 saturated carbocycles. The van der Waals surface area contributed by atoms with Gasteiger partial charge in [0.15, 0.2) is 0 Å². The maximum Gasteiger partial charge on any atom is 0.0606 e. The van der Waals surface area contributed by atoms with Crippen LogP contribution < -0.4 is 10.6 Å². The molecule has 7 heteroatoms. The van der Waals surface area contributed by atoms with Gasteiger partial charge in [0.25, 0.3) is 0 Å². The molecule has 0 bridgehead atoms. The molecule has 0 heterocycles. The van der Waals surface area contributed by atoms with E-state index in [1.165, 1.54) is 0 Å². The lowest BCUT2D eigenvalue weighted by Gasteiger charge is -2.26. The van der Waals surface area contributed by atoms with Crippen molar-refractivity contribution in [1.29, 1.82) is 0 Å². The third kappa shape index (κ3) is 5.78. The second kappa shape index (κ2) is 10.4. The van der Waals surface area contributed by atoms with Crippen molar-refractivity contribution in [2.75, 3.05) is 63.2 Å². The molecule has 0 aromatic heterocycles. The average molecular weight is 313 g/mol. The van der Waals surface area contributed by atoms with E-state index in [0.717, 1.165) is 11.3 Å². The lowest BCUT2D eigenvalue weighted by Crippen LogP contribution is -2.31. The highest BCUT2D eigenvalue weighted by atomic mass is 16.3. The molecule has 0 aliphatic rings. The molecule has 126 valence electrons. The minimum atomic E-state index is 0.000853. The molecule has 1 rings (SSSR count). The summed E-state index contributed by atoms with van der Waals surface area (Å²) in [4.78, 5) is 3.79. The molecule has 0 fully saturated rings. The van der Waals surface area contributed by atoms with E-state index in [9.17, 15) is 0 Å². The summed E-state index contributed by atoms with van der Waals surface area (Å²) in [6.45, 7) is 2.33. The molecule has 6 N–H and O–H groups in total. The number of benzene rings is 1. The summed E-state index contributed by atoms with van der Waals surface area (Å²) in [6, 6.07) is 5.57. The van der Waals surface area contributed by atoms with Gasteiger partial charge in [-0.3, -0.25) is 4.90 Å². The molecule has 22 heavy (non-hydrogen) atoms. The van der Waals surface area contributed by atoms with E-state index in [4.69, 9.17) is 26.2 Å². The monoisotopic (exact) mass is 313 g/mol. The lowest BCUT2D eigenvalue weighted by molar-refractivity contribution is 0.156. The Morgan fingerprint density at radius 3 is 1.86 bits per heavy atom. The number of nitrogens with two attached hydrogens (primary N) is 1. The Morgan fingerprint density at radius 2 is 1.36 bits per heavy atom. The summed E-state index contributed by atoms with van der Waals surface area (Å²) in [5.41, 5.74) is 8.41. The number of hydrogen-bond donors (Lipinski definition) is 5. The molecule has 0 radical (unpaired) electrons. The van der Waals surface area contributed by atoms with Gasteiger partial charge in [-0.2, -0.15) is 0 Å². The first kappa shape index (κ1) is 18.7. The molecule has 7 nitrogen and oxygen atoms in total. The zero-order valence-electron chi connectivity index (χ0n) is 12.9. The number of anilines is 2. The van der Waals surface area contributed by atoms with Crippen molar-refractivity contribution in [3.05, 3.63) is 23.8 Å². The number of aliphatic hydroxyl groups is 4. The Bertz CT molecular complexity index is 419. The Labute approximate surface area is 131 Å². The van der Waals surface area contributed by atoms with E-state index in [2.05, 4.69) is 0 Å². The molecule has 0 aliphatic heterocycles. The highest BCUT2D eigenvalue weighted by Crippen LogP contribution is 2.22. The molecule has 0 atom stereocenters. The van der Waals surface area contributed by atoms with Crippen LogP contribution in [0.1, 0.15) is 5.56 Å². The number of nitrogen functional groups attached to an aromatic ring is 1. The zero-order chi connectivity index (χ0) is 16.4. The predicted octanol–water partition coefficient (Wildman–Crippen LogP) is -1.15. The SMILES string of the molecule is Nc1ccc(N(CCO)CCO)cc1CN(CCO)CCO. The van der Waals surface area contributed by atoms with Crippen LogP contribution >= 0.6 is 0 Å². The van der Waals surface area contributed by atoms with Crippen LogP contribution in [-0.2, 0) is 6.54 Å². The minimum Gasteiger partial charge on any atom is -0.398 e. The second-order valence-corrected chi connectivity index (χ2v) is 5.04. The fraction of sp³-hybridized carbons (Fsp3) is 0.600. The van der Waals surface area contributed by atoms with Crippen molar-refractivity contribution in [2.24, 2.45) is 0 Å². The summed E-state index contributed by atoms with van der Waals surface area (Å²) in [7, 11) is 0. The van der Waals surface area contributed by atoms with Crippen molar-refractivity contribution >= 4 is 11.4 Å². The van der Waals surface area contributed by atoms with Crippen LogP contribution in [0.4, 0.5) is 11.4 Å². The molecule has 0 unspecified atom stereocenters. The smallest absolute Gasteiger partial charge is 0.0606 e. The molecule has 0 aliphatic carbocycles. The van der Waals surface area contributed by atoms with Crippen molar-refractivity contribution < 1.29 is 20.4 Å². The first-order valence-corrected chi connectivity index (χ1v) is 7.45. The van der Waals surface area contributed by atoms with Gasteiger partial charge in [-0.25, -0.2) is 0 Å². The van der Waals surface area contributed by atoms with Gasteiger partial charge < -0.3 is 31.1 Å². The van der Waals surface area contributed by atoms with Gasteiger partial charge in [0.1, 0.15) is 0 Å². The van der Waals surface area contributed by atoms with Gasteiger partial charge in [0.05, 0.1) is 26.4 Å². The number of aliphatic hydroxyl groups excluding tert-OH is 4. The first-order chi connectivity index (χ1) is 10.7. The van der Waals surface area contributed by atoms with Crippen LogP contribution in [0.2, 0.25) is 0 Å². The number of hydrogen-bond acceptors (Lipinski definition) is 7. The van der Waals surface area contributed by atoms with Crippen molar-refractivity contribution in [2.45, 2.75) is 6.54 Å². The van der Waals surface area contributed by atoms with Gasteiger partial charge >= 0.3 is 0 Å². The highest BCUT2D eigenvalue weighted by molar-refractivity contribution is 5.58. The summed E-state index contributed by atoms with van der Waals surface area (Å²) < 4.78 is 0. The van der Waals surface area contributed by atoms with Crippen LogP contribution in [0.3, 0.4) is 0 Å². The molecule has 1 aromatic carbocycles. The average Bonchev–Trinajstić information content (AvgIpc) is 2.50. The van der Waals surface area contributed by atoms with Crippen molar-refractivity contribution in [3.8, 4) is 0 Å². The van der Waals surface area contributed by atoms with Gasteiger partial charge in [-0.05, 0) is 23.8 Å². The van der Waals surface area contributed by atoms with E-state index < -0.39 is 0 Å². The fourth-order valence-electron chi connectivity index (χ4n) is 2.33. The van der Waals surface area contributed by atoms with Gasteiger partial charge in [0.2, 0.25) is 0 Å². The Hall–Kier alpha value is -1.38. The van der Waals surface area contributed by atoms with Crippen LogP contribution in [-0.4, -0.2) is 77.9 Å². The first-order valence-electron chi connectivity index (χ1n) is 7.45. The standard InChI is InChI=1S/C15H27N3O4/c16-15-2-1-14(18(5-9-21)6-10-22)11-13(15)12-17(3-7-19)4-8-20/h1-2,11,19-22H,3-10,12,16H2. The molecule has 0 saturated heterocycles. The van der Waals surface area contributed by atoms with Gasteiger partial charge in [0, 0.05) is 44.1 Å². The number of nitrogens with zero attached hydrogens (tertiary/aromatic N) is 2. The third-order valence-electron chi connectivity index (χ3n) is 3.46. The molecule has 0 amide bonds. The van der Waals surface area contributed by atoms with E-state index >= 15 is 0 Å². The van der Waals surface area contributed by atoms with E-state index in [0.29, 0.717) is 38.4 Å². The topological polar surface area (TPSA) is 113 Å². The highest BCUT2D eigenvalue weighted by Gasteiger charge is 2.11. The van der Waals surface area contributed by atoms with Gasteiger partial charge in [-0.1, -0.05) is 0 Å². The summed E-state index contributed by atoms with van der Waals surface area (Å²) >= 11 is 0. The Balaban J connectivity index is 2.91. The Morgan fingerprint density at radius 1 is 0.818 bits per heavy atom. The second-order valence-electron chi connectivity index (χ2n) is 5.04. The fourth-order valence-corrected chi connectivity index (χ4v) is 2.33. The molecular weight excluding hydrogens is 286 g/mol. The quantitative estimate of drug-likeness (QED) is 0.328. The molecular formula is C15H27N3O4.